The van der Waals surface area contributed by atoms with Crippen LogP contribution in [0.4, 0.5) is 0 Å². The summed E-state index contributed by atoms with van der Waals surface area (Å²) in [4.78, 5) is 0. The minimum Gasteiger partial charge on any atom is -0.508 e. The van der Waals surface area contributed by atoms with Crippen LogP contribution in [0.15, 0.2) is 59.2 Å². The Morgan fingerprint density at radius 3 is 2.61 bits per heavy atom. The molecule has 4 nitrogen and oxygen atoms in total. The molecule has 1 aromatic heterocycles. The van der Waals surface area contributed by atoms with E-state index in [1.807, 2.05) is 45.1 Å². The first-order valence-electron chi connectivity index (χ1n) is 7.37. The van der Waals surface area contributed by atoms with Crippen LogP contribution in [0.1, 0.15) is 30.0 Å². The molecule has 0 amide bonds. The number of phenolic OH excluding ortho intramolecular Hbond substituents is 1. The van der Waals surface area contributed by atoms with Gasteiger partial charge in [0.25, 0.3) is 0 Å². The van der Waals surface area contributed by atoms with Crippen LogP contribution in [0, 0.1) is 13.8 Å². The van der Waals surface area contributed by atoms with Gasteiger partial charge >= 0.3 is 0 Å². The monoisotopic (exact) mass is 311 g/mol. The number of allylic oxidation sites excluding steroid dienone is 3. The number of hydrogen-bond acceptors (Lipinski definition) is 4. The predicted octanol–water partition coefficient (Wildman–Crippen LogP) is 4.39. The lowest BCUT2D eigenvalue weighted by atomic mass is 9.96. The highest BCUT2D eigenvalue weighted by Gasteiger charge is 2.16. The van der Waals surface area contributed by atoms with E-state index in [2.05, 4.69) is 11.7 Å². The Hall–Kier alpha value is -2.59. The average Bonchev–Trinajstić information content (AvgIpc) is 2.85. The third-order valence-electron chi connectivity index (χ3n) is 3.54. The van der Waals surface area contributed by atoms with Gasteiger partial charge in [0.15, 0.2) is 0 Å². The lowest BCUT2D eigenvalue weighted by Gasteiger charge is -2.13. The predicted molar refractivity (Wildman–Crippen MR) is 91.1 cm³/mol. The second kappa shape index (κ2) is 7.11. The van der Waals surface area contributed by atoms with Crippen LogP contribution >= 0.6 is 0 Å². The Balaban J connectivity index is 2.40. The van der Waals surface area contributed by atoms with E-state index in [-0.39, 0.29) is 5.75 Å². The summed E-state index contributed by atoms with van der Waals surface area (Å²) >= 11 is 0. The summed E-state index contributed by atoms with van der Waals surface area (Å²) in [5.74, 6) is 0.738. The quantitative estimate of drug-likeness (QED) is 0.804. The summed E-state index contributed by atoms with van der Waals surface area (Å²) in [5.41, 5.74) is 3.42. The minimum absolute atomic E-state index is 0.0711. The first-order chi connectivity index (χ1) is 10.9. The molecule has 0 aliphatic carbocycles. The molecular formula is C19H21NO3. The van der Waals surface area contributed by atoms with Gasteiger partial charge in [0, 0.05) is 5.56 Å². The van der Waals surface area contributed by atoms with E-state index in [0.29, 0.717) is 16.9 Å². The van der Waals surface area contributed by atoms with E-state index in [4.69, 9.17) is 4.52 Å². The first kappa shape index (κ1) is 16.8. The molecule has 4 heteroatoms. The van der Waals surface area contributed by atoms with Gasteiger partial charge in [-0.3, -0.25) is 0 Å². The number of aromatic hydroxyl groups is 1. The molecule has 0 spiro atoms. The molecular weight excluding hydrogens is 290 g/mol. The third kappa shape index (κ3) is 3.79. The zero-order valence-corrected chi connectivity index (χ0v) is 13.6. The Labute approximate surface area is 136 Å². The van der Waals surface area contributed by atoms with E-state index in [1.165, 1.54) is 6.07 Å². The van der Waals surface area contributed by atoms with Crippen molar-refractivity contribution in [2.24, 2.45) is 0 Å². The molecule has 1 unspecified atom stereocenters. The maximum atomic E-state index is 10.4. The third-order valence-corrected chi connectivity index (χ3v) is 3.54. The number of aromatic nitrogens is 1. The van der Waals surface area contributed by atoms with E-state index in [9.17, 15) is 10.2 Å². The lowest BCUT2D eigenvalue weighted by Crippen LogP contribution is -1.99. The molecule has 0 aliphatic rings. The van der Waals surface area contributed by atoms with Gasteiger partial charge in [0.05, 0.1) is 5.69 Å². The van der Waals surface area contributed by atoms with Crippen LogP contribution in [0.25, 0.3) is 11.1 Å². The van der Waals surface area contributed by atoms with Crippen LogP contribution in [-0.4, -0.2) is 15.4 Å². The fourth-order valence-corrected chi connectivity index (χ4v) is 2.43. The van der Waals surface area contributed by atoms with Gasteiger partial charge in [-0.15, -0.1) is 0 Å². The van der Waals surface area contributed by atoms with Gasteiger partial charge in [-0.2, -0.15) is 0 Å². The molecule has 0 bridgehead atoms. The molecule has 0 fully saturated rings. The molecule has 0 aliphatic heterocycles. The topological polar surface area (TPSA) is 66.5 Å². The van der Waals surface area contributed by atoms with Gasteiger partial charge in [-0.25, -0.2) is 0 Å². The van der Waals surface area contributed by atoms with Crippen LogP contribution in [0.5, 0.6) is 5.75 Å². The van der Waals surface area contributed by atoms with E-state index >= 15 is 0 Å². The Kier molecular flexibility index (Phi) is 5.19. The fraction of sp³-hybridized carbons (Fsp3) is 0.211. The van der Waals surface area contributed by atoms with Crippen LogP contribution in [0.3, 0.4) is 0 Å². The van der Waals surface area contributed by atoms with Crippen LogP contribution < -0.4 is 0 Å². The standard InChI is InChI=1S/C19H21NO3/c1-5-6-7-8-12(2)19(22)16-9-15(10-17(21)11-16)18-13(3)20-23-14(18)4/h5-11,19,21-22H,2H2,1,3-4H3/b6-5-,8-7-. The molecule has 0 saturated heterocycles. The van der Waals surface area contributed by atoms with Gasteiger partial charge in [0.1, 0.15) is 17.6 Å². The van der Waals surface area contributed by atoms with Crippen molar-refractivity contribution in [2.45, 2.75) is 26.9 Å². The zero-order valence-electron chi connectivity index (χ0n) is 13.6. The molecule has 1 aromatic carbocycles. The summed E-state index contributed by atoms with van der Waals surface area (Å²) in [6, 6.07) is 4.97. The molecule has 1 heterocycles. The summed E-state index contributed by atoms with van der Waals surface area (Å²) in [7, 11) is 0. The maximum Gasteiger partial charge on any atom is 0.141 e. The second-order valence-corrected chi connectivity index (χ2v) is 5.37. The second-order valence-electron chi connectivity index (χ2n) is 5.37. The summed E-state index contributed by atoms with van der Waals surface area (Å²) < 4.78 is 5.17. The number of rotatable bonds is 5. The number of aryl methyl sites for hydroxylation is 2. The van der Waals surface area contributed by atoms with Crippen molar-refractivity contribution in [1.82, 2.24) is 5.16 Å². The molecule has 2 rings (SSSR count). The van der Waals surface area contributed by atoms with Gasteiger partial charge < -0.3 is 14.7 Å². The Bertz CT molecular complexity index is 749. The maximum absolute atomic E-state index is 10.4. The number of aliphatic hydroxyl groups is 1. The molecule has 2 aromatic rings. The molecule has 1 atom stereocenters. The highest BCUT2D eigenvalue weighted by Crippen LogP contribution is 2.33. The highest BCUT2D eigenvalue weighted by molar-refractivity contribution is 5.70. The largest absolute Gasteiger partial charge is 0.508 e. The zero-order chi connectivity index (χ0) is 17.0. The van der Waals surface area contributed by atoms with Crippen molar-refractivity contribution in [3.05, 3.63) is 71.7 Å². The number of hydrogen-bond donors (Lipinski definition) is 2. The molecule has 23 heavy (non-hydrogen) atoms. The van der Waals surface area contributed by atoms with Gasteiger partial charge in [-0.05, 0) is 55.7 Å². The van der Waals surface area contributed by atoms with Gasteiger partial charge in [0.2, 0.25) is 0 Å². The van der Waals surface area contributed by atoms with Crippen molar-refractivity contribution < 1.29 is 14.7 Å². The number of aliphatic hydroxyl groups excluding tert-OH is 1. The van der Waals surface area contributed by atoms with Crippen molar-refractivity contribution in [3.8, 4) is 16.9 Å². The number of nitrogens with zero attached hydrogens (tertiary/aromatic N) is 1. The molecule has 0 saturated carbocycles. The first-order valence-corrected chi connectivity index (χ1v) is 7.37. The summed E-state index contributed by atoms with van der Waals surface area (Å²) in [5, 5.41) is 24.4. The Morgan fingerprint density at radius 1 is 1.26 bits per heavy atom. The average molecular weight is 311 g/mol. The summed E-state index contributed by atoms with van der Waals surface area (Å²) in [6.45, 7) is 9.44. The van der Waals surface area contributed by atoms with E-state index in [1.54, 1.807) is 12.1 Å². The highest BCUT2D eigenvalue weighted by atomic mass is 16.5. The normalized spacial score (nSPS) is 13.0. The number of benzene rings is 1. The van der Waals surface area contributed by atoms with Crippen molar-refractivity contribution in [2.75, 3.05) is 0 Å². The van der Waals surface area contributed by atoms with E-state index in [0.717, 1.165) is 16.8 Å². The van der Waals surface area contributed by atoms with E-state index < -0.39 is 6.10 Å². The smallest absolute Gasteiger partial charge is 0.141 e. The molecule has 0 radical (unpaired) electrons. The molecule has 120 valence electrons. The lowest BCUT2D eigenvalue weighted by molar-refractivity contribution is 0.219. The van der Waals surface area contributed by atoms with Gasteiger partial charge in [-0.1, -0.05) is 36.0 Å². The van der Waals surface area contributed by atoms with Crippen molar-refractivity contribution >= 4 is 0 Å². The number of phenols is 1. The van der Waals surface area contributed by atoms with Crippen LogP contribution in [0.2, 0.25) is 0 Å². The SMILES string of the molecule is C=C(/C=C\C=C/C)C(O)c1cc(O)cc(-c2c(C)noc2C)c1. The summed E-state index contributed by atoms with van der Waals surface area (Å²) in [6.07, 6.45) is 6.40. The molecule has 2 N–H and O–H groups in total. The van der Waals surface area contributed by atoms with Crippen molar-refractivity contribution in [1.29, 1.82) is 0 Å². The van der Waals surface area contributed by atoms with Crippen LogP contribution in [-0.2, 0) is 0 Å². The Morgan fingerprint density at radius 2 is 2.00 bits per heavy atom. The fourth-order valence-electron chi connectivity index (χ4n) is 2.43. The van der Waals surface area contributed by atoms with Crippen molar-refractivity contribution in [3.63, 3.8) is 0 Å². The minimum atomic E-state index is -0.900.